The summed E-state index contributed by atoms with van der Waals surface area (Å²) in [6.07, 6.45) is 0. The SMILES string of the molecule is O=c1oc2ccc(-c3ccccc3)cc2cc1-c1ccc(Cl)c(Cl)c1. The van der Waals surface area contributed by atoms with Crippen molar-refractivity contribution in [2.45, 2.75) is 0 Å². The van der Waals surface area contributed by atoms with Crippen molar-refractivity contribution in [2.75, 3.05) is 0 Å². The Morgan fingerprint density at radius 1 is 0.680 bits per heavy atom. The van der Waals surface area contributed by atoms with E-state index < -0.39 is 5.63 Å². The van der Waals surface area contributed by atoms with Gasteiger partial charge in [0.15, 0.2) is 0 Å². The van der Waals surface area contributed by atoms with Gasteiger partial charge in [0.2, 0.25) is 0 Å². The van der Waals surface area contributed by atoms with Crippen LogP contribution < -0.4 is 5.63 Å². The minimum Gasteiger partial charge on any atom is -0.422 e. The lowest BCUT2D eigenvalue weighted by Gasteiger charge is -2.06. The number of rotatable bonds is 2. The molecule has 0 saturated carbocycles. The number of fused-ring (bicyclic) bond motifs is 1. The Morgan fingerprint density at radius 3 is 2.20 bits per heavy atom. The van der Waals surface area contributed by atoms with Gasteiger partial charge in [-0.25, -0.2) is 4.79 Å². The van der Waals surface area contributed by atoms with Gasteiger partial charge in [0, 0.05) is 5.39 Å². The maximum Gasteiger partial charge on any atom is 0.344 e. The molecule has 0 spiro atoms. The third-order valence-electron chi connectivity index (χ3n) is 4.07. The predicted molar refractivity (Wildman–Crippen MR) is 103 cm³/mol. The Kier molecular flexibility index (Phi) is 4.08. The van der Waals surface area contributed by atoms with Crippen molar-refractivity contribution in [1.82, 2.24) is 0 Å². The molecule has 0 unspecified atom stereocenters. The van der Waals surface area contributed by atoms with E-state index in [0.29, 0.717) is 26.8 Å². The molecule has 0 aliphatic carbocycles. The number of halogens is 2. The van der Waals surface area contributed by atoms with E-state index in [2.05, 4.69) is 0 Å². The molecule has 1 aromatic heterocycles. The van der Waals surface area contributed by atoms with Gasteiger partial charge in [0.25, 0.3) is 0 Å². The highest BCUT2D eigenvalue weighted by molar-refractivity contribution is 6.42. The smallest absolute Gasteiger partial charge is 0.344 e. The molecule has 0 bridgehead atoms. The van der Waals surface area contributed by atoms with Crippen LogP contribution in [0.1, 0.15) is 0 Å². The van der Waals surface area contributed by atoms with Crippen LogP contribution in [0.3, 0.4) is 0 Å². The Labute approximate surface area is 154 Å². The van der Waals surface area contributed by atoms with Crippen molar-refractivity contribution in [3.05, 3.63) is 93.3 Å². The first-order chi connectivity index (χ1) is 12.1. The molecule has 4 heteroatoms. The van der Waals surface area contributed by atoms with Gasteiger partial charge in [-0.15, -0.1) is 0 Å². The van der Waals surface area contributed by atoms with E-state index in [4.69, 9.17) is 27.6 Å². The first kappa shape index (κ1) is 15.9. The molecule has 0 aliphatic heterocycles. The minimum atomic E-state index is -0.404. The molecule has 3 aromatic carbocycles. The normalized spacial score (nSPS) is 11.0. The molecule has 0 fully saturated rings. The molecular weight excluding hydrogens is 355 g/mol. The second-order valence-corrected chi connectivity index (χ2v) is 6.51. The average Bonchev–Trinajstić information content (AvgIpc) is 2.64. The predicted octanol–water partition coefficient (Wildman–Crippen LogP) is 6.43. The summed E-state index contributed by atoms with van der Waals surface area (Å²) >= 11 is 12.0. The maximum absolute atomic E-state index is 12.3. The van der Waals surface area contributed by atoms with E-state index in [1.807, 2.05) is 54.6 Å². The topological polar surface area (TPSA) is 30.2 Å². The molecular formula is C21H12Cl2O2. The lowest BCUT2D eigenvalue weighted by atomic mass is 10.0. The second-order valence-electron chi connectivity index (χ2n) is 5.70. The zero-order valence-corrected chi connectivity index (χ0v) is 14.5. The van der Waals surface area contributed by atoms with Gasteiger partial charge in [-0.1, -0.05) is 65.7 Å². The van der Waals surface area contributed by atoms with Crippen LogP contribution in [0.2, 0.25) is 10.0 Å². The van der Waals surface area contributed by atoms with E-state index in [0.717, 1.165) is 16.5 Å². The van der Waals surface area contributed by atoms with Gasteiger partial charge in [0.1, 0.15) is 5.58 Å². The summed E-state index contributed by atoms with van der Waals surface area (Å²) in [5.74, 6) is 0. The largest absolute Gasteiger partial charge is 0.422 e. The number of hydrogen-bond donors (Lipinski definition) is 0. The molecule has 4 rings (SSSR count). The van der Waals surface area contributed by atoms with Crippen LogP contribution in [-0.4, -0.2) is 0 Å². The van der Waals surface area contributed by atoms with Crippen LogP contribution in [0.15, 0.2) is 82.0 Å². The molecule has 0 N–H and O–H groups in total. The van der Waals surface area contributed by atoms with Crippen LogP contribution in [0.5, 0.6) is 0 Å². The zero-order chi connectivity index (χ0) is 17.4. The second kappa shape index (κ2) is 6.40. The van der Waals surface area contributed by atoms with E-state index >= 15 is 0 Å². The highest BCUT2D eigenvalue weighted by Crippen LogP contribution is 2.30. The van der Waals surface area contributed by atoms with Crippen molar-refractivity contribution in [3.63, 3.8) is 0 Å². The van der Waals surface area contributed by atoms with Gasteiger partial charge in [0.05, 0.1) is 15.6 Å². The number of benzene rings is 3. The van der Waals surface area contributed by atoms with E-state index in [9.17, 15) is 4.79 Å². The fourth-order valence-electron chi connectivity index (χ4n) is 2.80. The fraction of sp³-hybridized carbons (Fsp3) is 0. The first-order valence-electron chi connectivity index (χ1n) is 7.70. The van der Waals surface area contributed by atoms with Crippen LogP contribution in [-0.2, 0) is 0 Å². The Bertz CT molecular complexity index is 1130. The Balaban J connectivity index is 1.90. The van der Waals surface area contributed by atoms with Crippen LogP contribution in [0.4, 0.5) is 0 Å². The van der Waals surface area contributed by atoms with Crippen molar-refractivity contribution in [2.24, 2.45) is 0 Å². The molecule has 122 valence electrons. The van der Waals surface area contributed by atoms with E-state index in [-0.39, 0.29) is 0 Å². The zero-order valence-electron chi connectivity index (χ0n) is 13.0. The number of hydrogen-bond acceptors (Lipinski definition) is 2. The highest BCUT2D eigenvalue weighted by atomic mass is 35.5. The summed E-state index contributed by atoms with van der Waals surface area (Å²) in [6, 6.07) is 22.7. The van der Waals surface area contributed by atoms with Crippen LogP contribution >= 0.6 is 23.2 Å². The first-order valence-corrected chi connectivity index (χ1v) is 8.46. The highest BCUT2D eigenvalue weighted by Gasteiger charge is 2.10. The standard InChI is InChI=1S/C21H12Cl2O2/c22-18-8-6-15(12-19(18)23)17-11-16-10-14(13-4-2-1-3-5-13)7-9-20(16)25-21(17)24/h1-12H. The monoisotopic (exact) mass is 366 g/mol. The van der Waals surface area contributed by atoms with Crippen LogP contribution in [0, 0.1) is 0 Å². The molecule has 0 atom stereocenters. The molecule has 0 amide bonds. The van der Waals surface area contributed by atoms with Gasteiger partial charge in [-0.3, -0.25) is 0 Å². The van der Waals surface area contributed by atoms with Gasteiger partial charge in [-0.2, -0.15) is 0 Å². The summed E-state index contributed by atoms with van der Waals surface area (Å²) < 4.78 is 5.48. The van der Waals surface area contributed by atoms with Crippen molar-refractivity contribution < 1.29 is 4.42 Å². The molecule has 0 saturated heterocycles. The van der Waals surface area contributed by atoms with Gasteiger partial charge in [-0.05, 0) is 47.0 Å². The molecule has 2 nitrogen and oxygen atoms in total. The quantitative estimate of drug-likeness (QED) is 0.382. The lowest BCUT2D eigenvalue weighted by molar-refractivity contribution is 0.563. The fourth-order valence-corrected chi connectivity index (χ4v) is 3.10. The molecule has 0 radical (unpaired) electrons. The Hall–Kier alpha value is -2.55. The summed E-state index contributed by atoms with van der Waals surface area (Å²) in [4.78, 5) is 12.3. The van der Waals surface area contributed by atoms with Crippen molar-refractivity contribution in [1.29, 1.82) is 0 Å². The summed E-state index contributed by atoms with van der Waals surface area (Å²) in [5, 5.41) is 1.70. The Morgan fingerprint density at radius 2 is 1.44 bits per heavy atom. The summed E-state index contributed by atoms with van der Waals surface area (Å²) in [7, 11) is 0. The third kappa shape index (κ3) is 3.07. The third-order valence-corrected chi connectivity index (χ3v) is 4.81. The molecule has 4 aromatic rings. The average molecular weight is 367 g/mol. The van der Waals surface area contributed by atoms with E-state index in [1.165, 1.54) is 0 Å². The maximum atomic E-state index is 12.3. The van der Waals surface area contributed by atoms with Gasteiger partial charge < -0.3 is 4.42 Å². The molecule has 25 heavy (non-hydrogen) atoms. The van der Waals surface area contributed by atoms with Crippen molar-refractivity contribution >= 4 is 34.2 Å². The summed E-state index contributed by atoms with van der Waals surface area (Å²) in [5.41, 5.74) is 3.44. The summed E-state index contributed by atoms with van der Waals surface area (Å²) in [6.45, 7) is 0. The van der Waals surface area contributed by atoms with Gasteiger partial charge >= 0.3 is 5.63 Å². The minimum absolute atomic E-state index is 0.400. The van der Waals surface area contributed by atoms with Crippen LogP contribution in [0.25, 0.3) is 33.2 Å². The lowest BCUT2D eigenvalue weighted by Crippen LogP contribution is -2.02. The molecule has 0 aliphatic rings. The van der Waals surface area contributed by atoms with Crippen molar-refractivity contribution in [3.8, 4) is 22.3 Å². The molecule has 1 heterocycles. The van der Waals surface area contributed by atoms with E-state index in [1.54, 1.807) is 18.2 Å².